The molecule has 0 saturated carbocycles. The highest BCUT2D eigenvalue weighted by atomic mass is 16.4. The average molecular weight is 275 g/mol. The molecule has 1 heterocycles. The van der Waals surface area contributed by atoms with E-state index in [1.165, 1.54) is 32.4 Å². The predicted octanol–water partition coefficient (Wildman–Crippen LogP) is 0.980. The second-order valence-corrected chi connectivity index (χ2v) is 4.22. The number of amidine groups is 1. The molecule has 19 heavy (non-hydrogen) atoms. The van der Waals surface area contributed by atoms with Crippen molar-refractivity contribution in [1.82, 2.24) is 4.90 Å². The Bertz CT molecular complexity index is 256. The zero-order chi connectivity index (χ0) is 15.3. The van der Waals surface area contributed by atoms with Crippen LogP contribution in [0.2, 0.25) is 0 Å². The summed E-state index contributed by atoms with van der Waals surface area (Å²) in [7, 11) is 0. The molecule has 0 radical (unpaired) electrons. The van der Waals surface area contributed by atoms with Gasteiger partial charge in [-0.1, -0.05) is 6.42 Å². The monoisotopic (exact) mass is 275 g/mol. The second kappa shape index (κ2) is 12.8. The van der Waals surface area contributed by atoms with E-state index in [2.05, 4.69) is 4.90 Å². The van der Waals surface area contributed by atoms with E-state index in [9.17, 15) is 0 Å². The Morgan fingerprint density at radius 2 is 1.47 bits per heavy atom. The minimum absolute atomic E-state index is 0.315. The van der Waals surface area contributed by atoms with Gasteiger partial charge in [0.05, 0.1) is 5.84 Å². The van der Waals surface area contributed by atoms with Crippen LogP contribution in [-0.2, 0) is 9.59 Å². The maximum atomic E-state index is 9.00. The van der Waals surface area contributed by atoms with E-state index < -0.39 is 11.9 Å². The van der Waals surface area contributed by atoms with Gasteiger partial charge in [0, 0.05) is 26.8 Å². The highest BCUT2D eigenvalue weighted by Crippen LogP contribution is 2.08. The van der Waals surface area contributed by atoms with E-state index in [0.717, 1.165) is 26.8 Å². The van der Waals surface area contributed by atoms with Gasteiger partial charge < -0.3 is 20.8 Å². The topological polar surface area (TPSA) is 128 Å². The van der Waals surface area contributed by atoms with E-state index in [-0.39, 0.29) is 0 Å². The van der Waals surface area contributed by atoms with Crippen molar-refractivity contribution >= 4 is 17.8 Å². The maximum absolute atomic E-state index is 9.00. The Morgan fingerprint density at radius 3 is 1.79 bits per heavy atom. The number of carbonyl (C=O) groups is 2. The Morgan fingerprint density at radius 1 is 1.11 bits per heavy atom. The Balaban J connectivity index is 0. The lowest BCUT2D eigenvalue weighted by atomic mass is 10.1. The van der Waals surface area contributed by atoms with Gasteiger partial charge in [-0.25, -0.2) is 0 Å². The largest absolute Gasteiger partial charge is 0.481 e. The van der Waals surface area contributed by atoms with Crippen molar-refractivity contribution in [2.75, 3.05) is 19.6 Å². The van der Waals surface area contributed by atoms with Crippen molar-refractivity contribution < 1.29 is 19.8 Å². The molecule has 5 N–H and O–H groups in total. The number of carboxylic acid groups (broad SMARTS) is 2. The van der Waals surface area contributed by atoms with Crippen molar-refractivity contribution in [3.05, 3.63) is 0 Å². The van der Waals surface area contributed by atoms with E-state index in [4.69, 9.17) is 30.9 Å². The van der Waals surface area contributed by atoms with Crippen molar-refractivity contribution in [3.63, 3.8) is 0 Å². The van der Waals surface area contributed by atoms with Crippen LogP contribution in [0.1, 0.15) is 39.5 Å². The first-order valence-electron chi connectivity index (χ1n) is 6.20. The molecule has 0 unspecified atom stereocenters. The molecular formula is C12H25N3O4. The molecule has 0 aromatic rings. The molecule has 1 rings (SSSR count). The third kappa shape index (κ3) is 26.1. The quantitative estimate of drug-likeness (QED) is 0.449. The van der Waals surface area contributed by atoms with Gasteiger partial charge in [0.1, 0.15) is 0 Å². The van der Waals surface area contributed by atoms with Crippen LogP contribution >= 0.6 is 0 Å². The summed E-state index contributed by atoms with van der Waals surface area (Å²) >= 11 is 0. The number of carboxylic acids is 2. The Labute approximate surface area is 113 Å². The highest BCUT2D eigenvalue weighted by molar-refractivity contribution is 5.76. The normalized spacial score (nSPS) is 14.2. The van der Waals surface area contributed by atoms with E-state index in [1.54, 1.807) is 0 Å². The minimum atomic E-state index is -0.833. The van der Waals surface area contributed by atoms with Gasteiger partial charge >= 0.3 is 0 Å². The van der Waals surface area contributed by atoms with E-state index in [1.807, 2.05) is 0 Å². The maximum Gasteiger partial charge on any atom is 0.300 e. The van der Waals surface area contributed by atoms with Crippen LogP contribution in [0.25, 0.3) is 0 Å². The zero-order valence-electron chi connectivity index (χ0n) is 11.7. The number of aliphatic carboxylic acids is 2. The Hall–Kier alpha value is -1.63. The van der Waals surface area contributed by atoms with Gasteiger partial charge in [-0.05, 0) is 25.9 Å². The zero-order valence-corrected chi connectivity index (χ0v) is 11.7. The molecule has 1 fully saturated rings. The number of piperidine rings is 1. The standard InChI is InChI=1S/C8H17N3.2C2H4O2/c9-8(10)4-7-11-5-2-1-3-6-11;2*1-2(3)4/h1-7H2,(H3,9,10);2*1H3,(H,3,4). The first kappa shape index (κ1) is 19.7. The molecule has 112 valence electrons. The molecule has 0 amide bonds. The lowest BCUT2D eigenvalue weighted by Crippen LogP contribution is -2.32. The molecule has 1 saturated heterocycles. The minimum Gasteiger partial charge on any atom is -0.481 e. The fourth-order valence-corrected chi connectivity index (χ4v) is 1.46. The van der Waals surface area contributed by atoms with Crippen LogP contribution < -0.4 is 5.73 Å². The van der Waals surface area contributed by atoms with Crippen molar-refractivity contribution in [3.8, 4) is 0 Å². The summed E-state index contributed by atoms with van der Waals surface area (Å²) in [5.74, 6) is -1.35. The molecule has 1 aliphatic rings. The van der Waals surface area contributed by atoms with Crippen molar-refractivity contribution in [2.24, 2.45) is 5.73 Å². The highest BCUT2D eigenvalue weighted by Gasteiger charge is 2.08. The molecule has 0 aromatic heterocycles. The molecule has 0 spiro atoms. The van der Waals surface area contributed by atoms with Gasteiger partial charge in [0.25, 0.3) is 11.9 Å². The number of likely N-dealkylation sites (tertiary alicyclic amines) is 1. The van der Waals surface area contributed by atoms with E-state index >= 15 is 0 Å². The summed E-state index contributed by atoms with van der Waals surface area (Å²) in [5, 5.41) is 21.9. The number of hydrogen-bond acceptors (Lipinski definition) is 4. The first-order valence-corrected chi connectivity index (χ1v) is 6.20. The molecule has 0 atom stereocenters. The Kier molecular flexibility index (Phi) is 13.3. The van der Waals surface area contributed by atoms with Crippen LogP contribution in [0, 0.1) is 5.41 Å². The number of nitrogens with zero attached hydrogens (tertiary/aromatic N) is 1. The third-order valence-electron chi connectivity index (χ3n) is 2.15. The lowest BCUT2D eigenvalue weighted by molar-refractivity contribution is -0.135. The summed E-state index contributed by atoms with van der Waals surface area (Å²) in [4.78, 5) is 20.4. The molecule has 0 aliphatic carbocycles. The molecule has 7 nitrogen and oxygen atoms in total. The van der Waals surface area contributed by atoms with Gasteiger partial charge in [0.2, 0.25) is 0 Å². The number of rotatable bonds is 3. The summed E-state index contributed by atoms with van der Waals surface area (Å²) in [6.45, 7) is 5.55. The summed E-state index contributed by atoms with van der Waals surface area (Å²) in [5.41, 5.74) is 5.27. The van der Waals surface area contributed by atoms with Gasteiger partial charge in [-0.15, -0.1) is 0 Å². The number of nitrogens with two attached hydrogens (primary N) is 1. The van der Waals surface area contributed by atoms with E-state index in [0.29, 0.717) is 5.84 Å². The van der Waals surface area contributed by atoms with Crippen molar-refractivity contribution in [1.29, 1.82) is 5.41 Å². The second-order valence-electron chi connectivity index (χ2n) is 4.22. The van der Waals surface area contributed by atoms with Crippen LogP contribution in [0.15, 0.2) is 0 Å². The molecule has 1 aliphatic heterocycles. The van der Waals surface area contributed by atoms with Gasteiger partial charge in [-0.2, -0.15) is 0 Å². The van der Waals surface area contributed by atoms with Gasteiger partial charge in [-0.3, -0.25) is 15.0 Å². The number of hydrogen-bond donors (Lipinski definition) is 4. The van der Waals surface area contributed by atoms with Crippen LogP contribution in [-0.4, -0.2) is 52.5 Å². The molecule has 0 aromatic carbocycles. The summed E-state index contributed by atoms with van der Waals surface area (Å²) < 4.78 is 0. The molecular weight excluding hydrogens is 250 g/mol. The predicted molar refractivity (Wildman–Crippen MR) is 73.4 cm³/mol. The van der Waals surface area contributed by atoms with Crippen LogP contribution in [0.3, 0.4) is 0 Å². The summed E-state index contributed by atoms with van der Waals surface area (Å²) in [6, 6.07) is 0. The number of nitrogens with one attached hydrogen (secondary N) is 1. The van der Waals surface area contributed by atoms with Crippen molar-refractivity contribution in [2.45, 2.75) is 39.5 Å². The SMILES string of the molecule is CC(=O)O.CC(=O)O.N=C(N)CCN1CCCCC1. The fourth-order valence-electron chi connectivity index (χ4n) is 1.46. The average Bonchev–Trinajstić information content (AvgIpc) is 2.26. The lowest BCUT2D eigenvalue weighted by Gasteiger charge is -2.25. The van der Waals surface area contributed by atoms with Crippen LogP contribution in [0.5, 0.6) is 0 Å². The molecule has 0 bridgehead atoms. The first-order chi connectivity index (χ1) is 8.75. The van der Waals surface area contributed by atoms with Gasteiger partial charge in [0.15, 0.2) is 0 Å². The van der Waals surface area contributed by atoms with Crippen LogP contribution in [0.4, 0.5) is 0 Å². The third-order valence-corrected chi connectivity index (χ3v) is 2.15. The smallest absolute Gasteiger partial charge is 0.300 e. The molecule has 7 heteroatoms. The fraction of sp³-hybridized carbons (Fsp3) is 0.750. The summed E-state index contributed by atoms with van der Waals surface area (Å²) in [6.07, 6.45) is 4.74.